The van der Waals surface area contributed by atoms with E-state index in [1.807, 2.05) is 25.7 Å². The molecule has 1 aromatic rings. The van der Waals surface area contributed by atoms with E-state index in [0.717, 1.165) is 29.3 Å². The van der Waals surface area contributed by atoms with E-state index in [0.29, 0.717) is 6.61 Å². The molecule has 0 spiro atoms. The third-order valence-electron chi connectivity index (χ3n) is 3.85. The number of nitrogens with one attached hydrogen (secondary N) is 1. The largest absolute Gasteiger partial charge is 0.376 e. The maximum atomic E-state index is 6.47. The zero-order chi connectivity index (χ0) is 16.2. The second kappa shape index (κ2) is 7.61. The fourth-order valence-electron chi connectivity index (χ4n) is 2.76. The highest BCUT2D eigenvalue weighted by molar-refractivity contribution is 6.31. The summed E-state index contributed by atoms with van der Waals surface area (Å²) in [5.74, 6) is 0. The molecule has 0 bridgehead atoms. The molecule has 5 heteroatoms. The minimum Gasteiger partial charge on any atom is -0.376 e. The number of nitrogens with zero attached hydrogens (tertiary/aromatic N) is 2. The lowest BCUT2D eigenvalue weighted by atomic mass is 9.83. The van der Waals surface area contributed by atoms with Gasteiger partial charge >= 0.3 is 0 Å². The molecule has 1 aromatic heterocycles. The van der Waals surface area contributed by atoms with Crippen molar-refractivity contribution >= 4 is 11.6 Å². The van der Waals surface area contributed by atoms with Gasteiger partial charge in [-0.3, -0.25) is 4.68 Å². The van der Waals surface area contributed by atoms with Gasteiger partial charge in [0.25, 0.3) is 0 Å². The summed E-state index contributed by atoms with van der Waals surface area (Å²) in [4.78, 5) is 0. The SMILES string of the molecule is CCOC(C(Cc1c(Cl)c(CC)nn1C)NC)C(C)(C)C. The summed E-state index contributed by atoms with van der Waals surface area (Å²) in [5.41, 5.74) is 2.09. The molecule has 21 heavy (non-hydrogen) atoms. The Kier molecular flexibility index (Phi) is 6.70. The van der Waals surface area contributed by atoms with Crippen molar-refractivity contribution in [2.75, 3.05) is 13.7 Å². The van der Waals surface area contributed by atoms with Crippen LogP contribution in [0.5, 0.6) is 0 Å². The Hall–Kier alpha value is -0.580. The monoisotopic (exact) mass is 315 g/mol. The summed E-state index contributed by atoms with van der Waals surface area (Å²) in [7, 11) is 3.94. The van der Waals surface area contributed by atoms with Gasteiger partial charge in [0.1, 0.15) is 0 Å². The number of hydrogen-bond donors (Lipinski definition) is 1. The Morgan fingerprint density at radius 1 is 1.33 bits per heavy atom. The Morgan fingerprint density at radius 3 is 2.33 bits per heavy atom. The lowest BCUT2D eigenvalue weighted by Gasteiger charge is -2.36. The summed E-state index contributed by atoms with van der Waals surface area (Å²) in [6.45, 7) is 11.4. The van der Waals surface area contributed by atoms with Gasteiger partial charge in [0.2, 0.25) is 0 Å². The van der Waals surface area contributed by atoms with Crippen LogP contribution in [0.3, 0.4) is 0 Å². The van der Waals surface area contributed by atoms with E-state index in [1.54, 1.807) is 0 Å². The molecule has 4 nitrogen and oxygen atoms in total. The van der Waals surface area contributed by atoms with Crippen LogP contribution in [0.2, 0.25) is 5.02 Å². The minimum absolute atomic E-state index is 0.0579. The summed E-state index contributed by atoms with van der Waals surface area (Å²) in [6.07, 6.45) is 1.77. The molecule has 1 heterocycles. The summed E-state index contributed by atoms with van der Waals surface area (Å²) >= 11 is 6.47. The summed E-state index contributed by atoms with van der Waals surface area (Å²) in [5, 5.41) is 8.69. The zero-order valence-electron chi connectivity index (χ0n) is 14.5. The van der Waals surface area contributed by atoms with E-state index >= 15 is 0 Å². The molecule has 0 aliphatic carbocycles. The van der Waals surface area contributed by atoms with Crippen molar-refractivity contribution in [2.24, 2.45) is 12.5 Å². The van der Waals surface area contributed by atoms with Crippen molar-refractivity contribution in [3.63, 3.8) is 0 Å². The van der Waals surface area contributed by atoms with Gasteiger partial charge in [0, 0.05) is 26.1 Å². The molecular formula is C16H30ClN3O. The standard InChI is InChI=1S/C16H30ClN3O/c1-8-11-14(17)13(20(7)19-11)10-12(18-6)15(21-9-2)16(3,4)5/h12,15,18H,8-10H2,1-7H3. The van der Waals surface area contributed by atoms with Gasteiger partial charge in [-0.1, -0.05) is 39.3 Å². The fourth-order valence-corrected chi connectivity index (χ4v) is 3.13. The first kappa shape index (κ1) is 18.5. The van der Waals surface area contributed by atoms with Crippen molar-refractivity contribution in [2.45, 2.75) is 59.6 Å². The molecule has 0 aliphatic heterocycles. The second-order valence-electron chi connectivity index (χ2n) is 6.53. The number of aromatic nitrogens is 2. The number of ether oxygens (including phenoxy) is 1. The Morgan fingerprint density at radius 2 is 1.95 bits per heavy atom. The van der Waals surface area contributed by atoms with E-state index in [4.69, 9.17) is 16.3 Å². The number of aryl methyl sites for hydroxylation is 2. The smallest absolute Gasteiger partial charge is 0.0850 e. The first-order chi connectivity index (χ1) is 9.76. The molecule has 0 radical (unpaired) electrons. The van der Waals surface area contributed by atoms with Crippen molar-refractivity contribution < 1.29 is 4.74 Å². The predicted octanol–water partition coefficient (Wildman–Crippen LogP) is 3.22. The molecule has 2 unspecified atom stereocenters. The molecular weight excluding hydrogens is 286 g/mol. The maximum Gasteiger partial charge on any atom is 0.0850 e. The number of hydrogen-bond acceptors (Lipinski definition) is 3. The molecule has 0 saturated heterocycles. The van der Waals surface area contributed by atoms with Gasteiger partial charge in [0.15, 0.2) is 0 Å². The van der Waals surface area contributed by atoms with Crippen LogP contribution < -0.4 is 5.32 Å². The normalized spacial score (nSPS) is 15.2. The average Bonchev–Trinajstić information content (AvgIpc) is 2.68. The van der Waals surface area contributed by atoms with Crippen LogP contribution in [-0.4, -0.2) is 35.6 Å². The highest BCUT2D eigenvalue weighted by Gasteiger charge is 2.33. The molecule has 0 fully saturated rings. The number of likely N-dealkylation sites (N-methyl/N-ethyl adjacent to an activating group) is 1. The minimum atomic E-state index is 0.0579. The Balaban J connectivity index is 3.03. The number of halogens is 1. The van der Waals surface area contributed by atoms with Gasteiger partial charge in [-0.2, -0.15) is 5.10 Å². The van der Waals surface area contributed by atoms with Crippen LogP contribution in [0, 0.1) is 5.41 Å². The third-order valence-corrected chi connectivity index (χ3v) is 4.29. The lowest BCUT2D eigenvalue weighted by Crippen LogP contribution is -2.48. The van der Waals surface area contributed by atoms with Gasteiger partial charge in [0.05, 0.1) is 22.5 Å². The molecule has 122 valence electrons. The molecule has 1 N–H and O–H groups in total. The van der Waals surface area contributed by atoms with Crippen molar-refractivity contribution in [3.05, 3.63) is 16.4 Å². The van der Waals surface area contributed by atoms with E-state index in [1.165, 1.54) is 0 Å². The van der Waals surface area contributed by atoms with Gasteiger partial charge in [-0.05, 0) is 25.8 Å². The fraction of sp³-hybridized carbons (Fsp3) is 0.812. The summed E-state index contributed by atoms with van der Waals surface area (Å²) < 4.78 is 7.91. The molecule has 0 saturated carbocycles. The van der Waals surface area contributed by atoms with E-state index in [-0.39, 0.29) is 17.6 Å². The molecule has 0 amide bonds. The van der Waals surface area contributed by atoms with Crippen LogP contribution in [0.15, 0.2) is 0 Å². The number of rotatable bonds is 7. The summed E-state index contributed by atoms with van der Waals surface area (Å²) in [6, 6.07) is 0.197. The zero-order valence-corrected chi connectivity index (χ0v) is 15.2. The predicted molar refractivity (Wildman–Crippen MR) is 89.0 cm³/mol. The topological polar surface area (TPSA) is 39.1 Å². The highest BCUT2D eigenvalue weighted by atomic mass is 35.5. The molecule has 0 aliphatic rings. The van der Waals surface area contributed by atoms with Crippen molar-refractivity contribution in [3.8, 4) is 0 Å². The molecule has 0 aromatic carbocycles. The lowest BCUT2D eigenvalue weighted by molar-refractivity contribution is -0.0343. The Labute approximate surface area is 134 Å². The average molecular weight is 316 g/mol. The van der Waals surface area contributed by atoms with Crippen LogP contribution in [0.4, 0.5) is 0 Å². The maximum absolute atomic E-state index is 6.47. The quantitative estimate of drug-likeness (QED) is 0.839. The highest BCUT2D eigenvalue weighted by Crippen LogP contribution is 2.29. The van der Waals surface area contributed by atoms with E-state index < -0.39 is 0 Å². The van der Waals surface area contributed by atoms with E-state index in [2.05, 4.69) is 38.1 Å². The molecule has 2 atom stereocenters. The van der Waals surface area contributed by atoms with Crippen molar-refractivity contribution in [1.29, 1.82) is 0 Å². The van der Waals surface area contributed by atoms with Gasteiger partial charge in [-0.25, -0.2) is 0 Å². The van der Waals surface area contributed by atoms with Crippen LogP contribution in [0.1, 0.15) is 46.0 Å². The van der Waals surface area contributed by atoms with Crippen LogP contribution >= 0.6 is 11.6 Å². The third kappa shape index (κ3) is 4.44. The Bertz CT molecular complexity index is 451. The van der Waals surface area contributed by atoms with Gasteiger partial charge in [-0.15, -0.1) is 0 Å². The van der Waals surface area contributed by atoms with Gasteiger partial charge < -0.3 is 10.1 Å². The van der Waals surface area contributed by atoms with Crippen LogP contribution in [-0.2, 0) is 24.6 Å². The second-order valence-corrected chi connectivity index (χ2v) is 6.90. The first-order valence-corrected chi connectivity index (χ1v) is 8.13. The van der Waals surface area contributed by atoms with Crippen molar-refractivity contribution in [1.82, 2.24) is 15.1 Å². The van der Waals surface area contributed by atoms with Crippen LogP contribution in [0.25, 0.3) is 0 Å². The molecule has 1 rings (SSSR count). The first-order valence-electron chi connectivity index (χ1n) is 7.75. The van der Waals surface area contributed by atoms with E-state index in [9.17, 15) is 0 Å².